The minimum atomic E-state index is -4.19. The van der Waals surface area contributed by atoms with Gasteiger partial charge >= 0.3 is 6.09 Å². The fraction of sp³-hybridized carbons (Fsp3) is 0.351. The van der Waals surface area contributed by atoms with Crippen LogP contribution in [0.1, 0.15) is 68.1 Å². The van der Waals surface area contributed by atoms with Crippen molar-refractivity contribution in [1.82, 2.24) is 14.9 Å². The van der Waals surface area contributed by atoms with Crippen molar-refractivity contribution in [1.29, 1.82) is 0 Å². The highest BCUT2D eigenvalue weighted by Crippen LogP contribution is 2.32. The fourth-order valence-corrected chi connectivity index (χ4v) is 6.79. The van der Waals surface area contributed by atoms with Crippen molar-refractivity contribution in [3.63, 3.8) is 0 Å². The number of rotatable bonds is 6. The molecule has 12 heteroatoms. The van der Waals surface area contributed by atoms with E-state index in [1.807, 2.05) is 44.2 Å². The molecule has 0 fully saturated rings. The van der Waals surface area contributed by atoms with Crippen molar-refractivity contribution in [3.05, 3.63) is 95.1 Å². The summed E-state index contributed by atoms with van der Waals surface area (Å²) in [6, 6.07) is 20.2. The number of carbonyl (C=O) groups is 2. The number of amides is 2. The van der Waals surface area contributed by atoms with Gasteiger partial charge in [0.2, 0.25) is 11.8 Å². The quantitative estimate of drug-likeness (QED) is 0.215. The van der Waals surface area contributed by atoms with Gasteiger partial charge in [-0.2, -0.15) is 4.98 Å². The highest BCUT2D eigenvalue weighted by molar-refractivity contribution is 7.92. The molecule has 3 aromatic carbocycles. The Bertz CT molecular complexity index is 1930. The second-order valence-corrected chi connectivity index (χ2v) is 15.4. The Balaban J connectivity index is 1.59. The van der Waals surface area contributed by atoms with Gasteiger partial charge in [-0.05, 0) is 86.6 Å². The van der Waals surface area contributed by atoms with Gasteiger partial charge in [-0.25, -0.2) is 22.9 Å². The SMILES string of the molecule is Cc1cccc(C)c1-c1cc2nc(n1)NS(=O)(=O)c1cccc(c1)C(=O)N(Cc1ccc(NC(=O)OC(C)C)cc1)[C@H](CC(C)(C)C)CO2. The van der Waals surface area contributed by atoms with Crippen LogP contribution in [0.2, 0.25) is 0 Å². The number of nitrogens with one attached hydrogen (secondary N) is 2. The van der Waals surface area contributed by atoms with Gasteiger partial charge in [0.05, 0.1) is 22.7 Å². The molecule has 5 rings (SSSR count). The van der Waals surface area contributed by atoms with Gasteiger partial charge < -0.3 is 14.4 Å². The van der Waals surface area contributed by atoms with E-state index in [0.29, 0.717) is 17.8 Å². The Morgan fingerprint density at radius 3 is 2.35 bits per heavy atom. The van der Waals surface area contributed by atoms with Crippen LogP contribution in [0.15, 0.2) is 77.7 Å². The fourth-order valence-electron chi connectivity index (χ4n) is 5.80. The molecule has 11 nitrogen and oxygen atoms in total. The largest absolute Gasteiger partial charge is 0.475 e. The maximum atomic E-state index is 14.4. The topological polar surface area (TPSA) is 140 Å². The number of carbonyl (C=O) groups excluding carboxylic acids is 2. The van der Waals surface area contributed by atoms with Crippen molar-refractivity contribution in [2.45, 2.75) is 78.5 Å². The maximum Gasteiger partial charge on any atom is 0.411 e. The molecule has 2 heterocycles. The van der Waals surface area contributed by atoms with Gasteiger partial charge in [-0.1, -0.05) is 57.2 Å². The molecule has 258 valence electrons. The zero-order chi connectivity index (χ0) is 35.5. The first-order chi connectivity index (χ1) is 23.1. The molecule has 0 unspecified atom stereocenters. The van der Waals surface area contributed by atoms with E-state index in [0.717, 1.165) is 22.3 Å². The smallest absolute Gasteiger partial charge is 0.411 e. The minimum Gasteiger partial charge on any atom is -0.475 e. The average molecular weight is 686 g/mol. The molecule has 0 radical (unpaired) electrons. The number of hydrogen-bond acceptors (Lipinski definition) is 8. The van der Waals surface area contributed by atoms with Crippen LogP contribution in [0.5, 0.6) is 5.88 Å². The molecule has 1 aliphatic rings. The zero-order valence-electron chi connectivity index (χ0n) is 28.9. The third kappa shape index (κ3) is 8.94. The third-order valence-corrected chi connectivity index (χ3v) is 9.25. The monoisotopic (exact) mass is 685 g/mol. The van der Waals surface area contributed by atoms with E-state index in [2.05, 4.69) is 40.8 Å². The van der Waals surface area contributed by atoms with Crippen molar-refractivity contribution < 1.29 is 27.5 Å². The van der Waals surface area contributed by atoms with Crippen molar-refractivity contribution in [2.75, 3.05) is 16.6 Å². The van der Waals surface area contributed by atoms with Crippen molar-refractivity contribution in [2.24, 2.45) is 5.41 Å². The van der Waals surface area contributed by atoms with E-state index in [4.69, 9.17) is 9.47 Å². The Morgan fingerprint density at radius 2 is 1.69 bits per heavy atom. The molecule has 1 aliphatic heterocycles. The molecule has 4 bridgehead atoms. The Labute approximate surface area is 288 Å². The summed E-state index contributed by atoms with van der Waals surface area (Å²) in [6.07, 6.45) is -0.253. The van der Waals surface area contributed by atoms with Gasteiger partial charge in [0, 0.05) is 29.4 Å². The first-order valence-corrected chi connectivity index (χ1v) is 17.7. The lowest BCUT2D eigenvalue weighted by atomic mass is 9.87. The zero-order valence-corrected chi connectivity index (χ0v) is 29.7. The number of aryl methyl sites for hydroxylation is 2. The number of nitrogens with zero attached hydrogens (tertiary/aromatic N) is 3. The second-order valence-electron chi connectivity index (χ2n) is 13.8. The summed E-state index contributed by atoms with van der Waals surface area (Å²) < 4.78 is 41.4. The molecular weight excluding hydrogens is 643 g/mol. The van der Waals surface area contributed by atoms with Gasteiger partial charge in [-0.15, -0.1) is 0 Å². The summed E-state index contributed by atoms with van der Waals surface area (Å²) in [6.45, 7) is 14.0. The van der Waals surface area contributed by atoms with E-state index < -0.39 is 22.2 Å². The van der Waals surface area contributed by atoms with Gasteiger partial charge in [0.15, 0.2) is 0 Å². The summed E-state index contributed by atoms with van der Waals surface area (Å²) >= 11 is 0. The predicted octanol–water partition coefficient (Wildman–Crippen LogP) is 7.36. The van der Waals surface area contributed by atoms with Crippen LogP contribution in [0.25, 0.3) is 11.3 Å². The summed E-state index contributed by atoms with van der Waals surface area (Å²) in [5.74, 6) is -0.321. The molecule has 49 heavy (non-hydrogen) atoms. The molecule has 0 spiro atoms. The predicted molar refractivity (Wildman–Crippen MR) is 189 cm³/mol. The molecular formula is C37H43N5O6S. The lowest BCUT2D eigenvalue weighted by Gasteiger charge is -2.36. The molecule has 1 atom stereocenters. The normalized spacial score (nSPS) is 16.0. The highest BCUT2D eigenvalue weighted by atomic mass is 32.2. The number of ether oxygens (including phenoxy) is 2. The Hall–Kier alpha value is -4.97. The molecule has 1 aromatic heterocycles. The van der Waals surface area contributed by atoms with Gasteiger partial charge in [0.1, 0.15) is 6.61 Å². The first-order valence-electron chi connectivity index (χ1n) is 16.2. The van der Waals surface area contributed by atoms with Gasteiger partial charge in [0.25, 0.3) is 15.9 Å². The molecule has 4 aromatic rings. The Morgan fingerprint density at radius 1 is 1.02 bits per heavy atom. The van der Waals surface area contributed by atoms with Crippen LogP contribution in [0.4, 0.5) is 16.4 Å². The Kier molecular flexibility index (Phi) is 10.3. The summed E-state index contributed by atoms with van der Waals surface area (Å²) in [7, 11) is -4.19. The number of anilines is 2. The molecule has 0 aliphatic carbocycles. The van der Waals surface area contributed by atoms with Crippen molar-refractivity contribution >= 4 is 33.7 Å². The summed E-state index contributed by atoms with van der Waals surface area (Å²) in [5.41, 5.74) is 4.62. The standard InChI is InChI=1S/C37H43N5O6S/c1-23(2)48-36(44)38-28-16-14-26(15-17-28)21-42-29(20-37(5,6)7)22-47-32-19-31(33-24(3)10-8-11-25(33)4)39-35(40-32)41-49(45,46)30-13-9-12-27(18-30)34(42)43/h8-19,23,29H,20-22H2,1-7H3,(H,38,44)(H,39,40,41)/t29-/m1/s1. The molecule has 2 N–H and O–H groups in total. The van der Waals surface area contributed by atoms with Crippen LogP contribution in [-0.2, 0) is 21.3 Å². The van der Waals surface area contributed by atoms with Crippen LogP contribution in [0, 0.1) is 19.3 Å². The van der Waals surface area contributed by atoms with E-state index >= 15 is 0 Å². The summed E-state index contributed by atoms with van der Waals surface area (Å²) in [5, 5.41) is 2.71. The minimum absolute atomic E-state index is 0.0821. The first kappa shape index (κ1) is 35.3. The highest BCUT2D eigenvalue weighted by Gasteiger charge is 2.31. The van der Waals surface area contributed by atoms with Gasteiger partial charge in [-0.3, -0.25) is 10.1 Å². The lowest BCUT2D eigenvalue weighted by molar-refractivity contribution is 0.0513. The average Bonchev–Trinajstić information content (AvgIpc) is 3.01. The molecule has 0 saturated carbocycles. The molecule has 2 amide bonds. The van der Waals surface area contributed by atoms with Crippen LogP contribution in [-0.4, -0.2) is 54.0 Å². The van der Waals surface area contributed by atoms with E-state index in [-0.39, 0.29) is 52.9 Å². The second kappa shape index (κ2) is 14.3. The lowest BCUT2D eigenvalue weighted by Crippen LogP contribution is -2.45. The van der Waals surface area contributed by atoms with E-state index in [9.17, 15) is 18.0 Å². The van der Waals surface area contributed by atoms with Crippen LogP contribution >= 0.6 is 0 Å². The van der Waals surface area contributed by atoms with Crippen LogP contribution < -0.4 is 14.8 Å². The van der Waals surface area contributed by atoms with E-state index in [1.165, 1.54) is 12.1 Å². The number of benzene rings is 3. The van der Waals surface area contributed by atoms with Crippen LogP contribution in [0.3, 0.4) is 0 Å². The number of fused-ring (bicyclic) bond motifs is 4. The number of sulfonamides is 1. The maximum absolute atomic E-state index is 14.4. The van der Waals surface area contributed by atoms with E-state index in [1.54, 1.807) is 49.1 Å². The van der Waals surface area contributed by atoms with Crippen molar-refractivity contribution in [3.8, 4) is 17.1 Å². The number of hydrogen-bond donors (Lipinski definition) is 2. The number of aromatic nitrogens is 2. The summed E-state index contributed by atoms with van der Waals surface area (Å²) in [4.78, 5) is 37.2. The third-order valence-electron chi connectivity index (χ3n) is 7.93. The molecule has 0 saturated heterocycles.